The summed E-state index contributed by atoms with van der Waals surface area (Å²) in [6.45, 7) is 4.60. The molecule has 6 nitrogen and oxygen atoms in total. The van der Waals surface area contributed by atoms with E-state index in [9.17, 15) is 14.7 Å². The smallest absolute Gasteiger partial charge is 0.319 e. The minimum Gasteiger partial charge on any atom is -0.393 e. The molecule has 0 aliphatic carbocycles. The Morgan fingerprint density at radius 2 is 1.62 bits per heavy atom. The number of aliphatic hydroxyl groups excluding tert-OH is 1. The first-order chi connectivity index (χ1) is 9.90. The third-order valence-electron chi connectivity index (χ3n) is 4.67. The van der Waals surface area contributed by atoms with Gasteiger partial charge < -0.3 is 19.8 Å². The summed E-state index contributed by atoms with van der Waals surface area (Å²) in [6.07, 6.45) is 1.87. The van der Waals surface area contributed by atoms with E-state index in [1.165, 1.54) is 0 Å². The molecule has 0 spiro atoms. The Morgan fingerprint density at radius 3 is 2.14 bits per heavy atom. The number of urea groups is 1. The number of nitrogens with zero attached hydrogens (tertiary/aromatic N) is 3. The number of likely N-dealkylation sites (tertiary alicyclic amines) is 2. The van der Waals surface area contributed by atoms with Gasteiger partial charge in [0.1, 0.15) is 0 Å². The first-order valence-electron chi connectivity index (χ1n) is 7.83. The maximum absolute atomic E-state index is 12.5. The van der Waals surface area contributed by atoms with Crippen molar-refractivity contribution in [3.63, 3.8) is 0 Å². The van der Waals surface area contributed by atoms with Crippen LogP contribution in [0, 0.1) is 11.8 Å². The van der Waals surface area contributed by atoms with Gasteiger partial charge in [0.2, 0.25) is 5.91 Å². The number of hydrogen-bond acceptors (Lipinski definition) is 3. The van der Waals surface area contributed by atoms with E-state index in [1.807, 2.05) is 16.7 Å². The van der Waals surface area contributed by atoms with Crippen LogP contribution in [0.3, 0.4) is 0 Å². The molecule has 3 amide bonds. The summed E-state index contributed by atoms with van der Waals surface area (Å²) in [7, 11) is 3.50. The second kappa shape index (κ2) is 6.64. The topological polar surface area (TPSA) is 64.1 Å². The summed E-state index contributed by atoms with van der Waals surface area (Å²) >= 11 is 0. The minimum absolute atomic E-state index is 0.0237. The molecule has 1 N–H and O–H groups in total. The van der Waals surface area contributed by atoms with Crippen LogP contribution < -0.4 is 0 Å². The van der Waals surface area contributed by atoms with Gasteiger partial charge >= 0.3 is 6.03 Å². The molecule has 0 radical (unpaired) electrons. The quantitative estimate of drug-likeness (QED) is 0.771. The highest BCUT2D eigenvalue weighted by Crippen LogP contribution is 2.24. The summed E-state index contributed by atoms with van der Waals surface area (Å²) in [4.78, 5) is 29.7. The monoisotopic (exact) mass is 297 g/mol. The highest BCUT2D eigenvalue weighted by Gasteiger charge is 2.33. The molecule has 2 heterocycles. The SMILES string of the molecule is CC1CN(C(=O)C2CCN(C(=O)N(C)C)CC2)CCC1O. The maximum Gasteiger partial charge on any atom is 0.319 e. The maximum atomic E-state index is 12.5. The number of rotatable bonds is 1. The fraction of sp³-hybridized carbons (Fsp3) is 0.867. The van der Waals surface area contributed by atoms with E-state index in [0.717, 1.165) is 12.8 Å². The molecule has 0 bridgehead atoms. The highest BCUT2D eigenvalue weighted by molar-refractivity contribution is 5.80. The summed E-state index contributed by atoms with van der Waals surface area (Å²) in [6, 6.07) is 0.0237. The van der Waals surface area contributed by atoms with E-state index in [-0.39, 0.29) is 29.9 Å². The normalized spacial score (nSPS) is 27.6. The Hall–Kier alpha value is -1.30. The predicted octanol–water partition coefficient (Wildman–Crippen LogP) is 0.609. The largest absolute Gasteiger partial charge is 0.393 e. The molecule has 120 valence electrons. The van der Waals surface area contributed by atoms with Gasteiger partial charge in [-0.1, -0.05) is 6.92 Å². The van der Waals surface area contributed by atoms with Crippen molar-refractivity contribution in [1.82, 2.24) is 14.7 Å². The van der Waals surface area contributed by atoms with Crippen molar-refractivity contribution in [1.29, 1.82) is 0 Å². The Balaban J connectivity index is 1.85. The Labute approximate surface area is 126 Å². The second-order valence-corrected chi connectivity index (χ2v) is 6.56. The molecule has 0 aromatic carbocycles. The summed E-state index contributed by atoms with van der Waals surface area (Å²) in [5.41, 5.74) is 0. The lowest BCUT2D eigenvalue weighted by Crippen LogP contribution is -2.50. The fourth-order valence-corrected chi connectivity index (χ4v) is 3.19. The number of carbonyl (C=O) groups is 2. The van der Waals surface area contributed by atoms with Crippen molar-refractivity contribution in [2.45, 2.75) is 32.3 Å². The van der Waals surface area contributed by atoms with Gasteiger partial charge in [0.25, 0.3) is 0 Å². The third-order valence-corrected chi connectivity index (χ3v) is 4.67. The molecular weight excluding hydrogens is 270 g/mol. The number of hydrogen-bond donors (Lipinski definition) is 1. The van der Waals surface area contributed by atoms with Crippen molar-refractivity contribution < 1.29 is 14.7 Å². The molecule has 0 saturated carbocycles. The van der Waals surface area contributed by atoms with Gasteiger partial charge in [0.15, 0.2) is 0 Å². The van der Waals surface area contributed by atoms with Gasteiger partial charge in [-0.25, -0.2) is 4.79 Å². The number of piperidine rings is 2. The highest BCUT2D eigenvalue weighted by atomic mass is 16.3. The van der Waals surface area contributed by atoms with Crippen LogP contribution in [0.1, 0.15) is 26.2 Å². The lowest BCUT2D eigenvalue weighted by molar-refractivity contribution is -0.140. The zero-order valence-electron chi connectivity index (χ0n) is 13.3. The van der Waals surface area contributed by atoms with E-state index < -0.39 is 0 Å². The molecule has 2 unspecified atom stereocenters. The predicted molar refractivity (Wildman–Crippen MR) is 79.7 cm³/mol. The molecule has 2 aliphatic rings. The van der Waals surface area contributed by atoms with Crippen molar-refractivity contribution in [3.05, 3.63) is 0 Å². The Kier molecular flexibility index (Phi) is 5.08. The molecule has 2 saturated heterocycles. The average Bonchev–Trinajstić information content (AvgIpc) is 2.48. The van der Waals surface area contributed by atoms with Crippen molar-refractivity contribution in [2.75, 3.05) is 40.3 Å². The third kappa shape index (κ3) is 3.67. The molecule has 2 aliphatic heterocycles. The van der Waals surface area contributed by atoms with Gasteiger partial charge in [-0.2, -0.15) is 0 Å². The Morgan fingerprint density at radius 1 is 1.05 bits per heavy atom. The van der Waals surface area contributed by atoms with E-state index >= 15 is 0 Å². The summed E-state index contributed by atoms with van der Waals surface area (Å²) < 4.78 is 0. The van der Waals surface area contributed by atoms with Crippen LogP contribution >= 0.6 is 0 Å². The molecule has 6 heteroatoms. The van der Waals surface area contributed by atoms with E-state index in [1.54, 1.807) is 19.0 Å². The average molecular weight is 297 g/mol. The van der Waals surface area contributed by atoms with E-state index in [4.69, 9.17) is 0 Å². The summed E-state index contributed by atoms with van der Waals surface area (Å²) in [5, 5.41) is 9.75. The van der Waals surface area contributed by atoms with E-state index in [2.05, 4.69) is 0 Å². The van der Waals surface area contributed by atoms with Crippen LogP contribution in [0.4, 0.5) is 4.79 Å². The van der Waals surface area contributed by atoms with Crippen LogP contribution in [0.25, 0.3) is 0 Å². The molecular formula is C15H27N3O3. The van der Waals surface area contributed by atoms with E-state index in [0.29, 0.717) is 32.6 Å². The molecule has 2 fully saturated rings. The van der Waals surface area contributed by atoms with Crippen LogP contribution in [-0.2, 0) is 4.79 Å². The molecule has 21 heavy (non-hydrogen) atoms. The van der Waals surface area contributed by atoms with Crippen LogP contribution in [0.15, 0.2) is 0 Å². The Bertz CT molecular complexity index is 392. The zero-order valence-corrected chi connectivity index (χ0v) is 13.3. The number of aliphatic hydroxyl groups is 1. The number of carbonyl (C=O) groups excluding carboxylic acids is 2. The minimum atomic E-state index is -0.284. The molecule has 0 aromatic heterocycles. The zero-order chi connectivity index (χ0) is 15.6. The van der Waals surface area contributed by atoms with Crippen LogP contribution in [-0.4, -0.2) is 78.1 Å². The first kappa shape index (κ1) is 16.1. The van der Waals surface area contributed by atoms with Crippen molar-refractivity contribution in [2.24, 2.45) is 11.8 Å². The van der Waals surface area contributed by atoms with Crippen molar-refractivity contribution >= 4 is 11.9 Å². The second-order valence-electron chi connectivity index (χ2n) is 6.56. The van der Waals surface area contributed by atoms with Gasteiger partial charge in [0.05, 0.1) is 6.10 Å². The molecule has 0 aromatic rings. The lowest BCUT2D eigenvalue weighted by atomic mass is 9.92. The van der Waals surface area contributed by atoms with Gasteiger partial charge in [-0.05, 0) is 25.2 Å². The molecule has 2 rings (SSSR count). The number of amides is 3. The van der Waals surface area contributed by atoms with Crippen LogP contribution in [0.5, 0.6) is 0 Å². The van der Waals surface area contributed by atoms with Crippen molar-refractivity contribution in [3.8, 4) is 0 Å². The fourth-order valence-electron chi connectivity index (χ4n) is 3.19. The molecule has 2 atom stereocenters. The van der Waals surface area contributed by atoms with Crippen LogP contribution in [0.2, 0.25) is 0 Å². The standard InChI is InChI=1S/C15H27N3O3/c1-11-10-18(9-6-13(11)19)14(20)12-4-7-17(8-5-12)15(21)16(2)3/h11-13,19H,4-10H2,1-3H3. The lowest BCUT2D eigenvalue weighted by Gasteiger charge is -2.39. The van der Waals surface area contributed by atoms with Gasteiger partial charge in [-0.3, -0.25) is 4.79 Å². The van der Waals surface area contributed by atoms with Gasteiger partial charge in [-0.15, -0.1) is 0 Å². The van der Waals surface area contributed by atoms with Gasteiger partial charge in [0, 0.05) is 46.2 Å². The first-order valence-corrected chi connectivity index (χ1v) is 7.83. The summed E-state index contributed by atoms with van der Waals surface area (Å²) in [5.74, 6) is 0.377.